The summed E-state index contributed by atoms with van der Waals surface area (Å²) in [5.41, 5.74) is 26.1. The van der Waals surface area contributed by atoms with Crippen LogP contribution in [0.2, 0.25) is 0 Å². The quantitative estimate of drug-likeness (QED) is 0.161. The molecule has 0 radical (unpaired) electrons. The van der Waals surface area contributed by atoms with Crippen molar-refractivity contribution in [1.82, 2.24) is 4.48 Å². The number of anilines is 3. The van der Waals surface area contributed by atoms with Gasteiger partial charge in [-0.2, -0.15) is 0 Å². The van der Waals surface area contributed by atoms with E-state index in [1.54, 1.807) is 0 Å². The van der Waals surface area contributed by atoms with Gasteiger partial charge in [0.2, 0.25) is 0 Å². The second-order valence-electron chi connectivity index (χ2n) is 22.5. The number of rotatable bonds is 2. The van der Waals surface area contributed by atoms with Gasteiger partial charge in [-0.15, -0.1) is 0 Å². The lowest BCUT2D eigenvalue weighted by Crippen LogP contribution is -2.57. The van der Waals surface area contributed by atoms with Gasteiger partial charge in [0, 0.05) is 55.0 Å². The zero-order valence-electron chi connectivity index (χ0n) is 39.9. The van der Waals surface area contributed by atoms with Gasteiger partial charge in [0.25, 0.3) is 0 Å². The molecular weight excluding hydrogens is 812 g/mol. The van der Waals surface area contributed by atoms with Crippen LogP contribution in [0.4, 0.5) is 17.1 Å². The Morgan fingerprint density at radius 1 is 0.478 bits per heavy atom. The van der Waals surface area contributed by atoms with E-state index in [9.17, 15) is 0 Å². The molecule has 0 unspecified atom stereocenters. The molecule has 0 saturated carbocycles. The van der Waals surface area contributed by atoms with Crippen molar-refractivity contribution in [3.63, 3.8) is 0 Å². The monoisotopic (exact) mass is 864 g/mol. The first-order chi connectivity index (χ1) is 32.2. The van der Waals surface area contributed by atoms with E-state index < -0.39 is 0 Å². The topological polar surface area (TPSA) is 21.3 Å². The summed E-state index contributed by atoms with van der Waals surface area (Å²) in [6.45, 7) is 21.5. The lowest BCUT2D eigenvalue weighted by Gasteiger charge is -2.47. The van der Waals surface area contributed by atoms with Gasteiger partial charge in [0.15, 0.2) is 5.71 Å². The Morgan fingerprint density at radius 3 is 1.84 bits per heavy atom. The highest BCUT2D eigenvalue weighted by Crippen LogP contribution is 2.59. The molecule has 0 N–H and O–H groups in total. The Hall–Kier alpha value is -7.04. The predicted octanol–water partition coefficient (Wildman–Crippen LogP) is 15.2. The van der Waals surface area contributed by atoms with Gasteiger partial charge in [-0.05, 0) is 108 Å². The Kier molecular flexibility index (Phi) is 7.42. The molecule has 324 valence electrons. The fourth-order valence-corrected chi connectivity index (χ4v) is 13.4. The maximum absolute atomic E-state index is 7.17. The van der Waals surface area contributed by atoms with Crippen molar-refractivity contribution in [3.8, 4) is 33.4 Å². The van der Waals surface area contributed by atoms with Crippen LogP contribution in [0.1, 0.15) is 101 Å². The molecule has 2 aromatic heterocycles. The smallest absolute Gasteiger partial charge is 0.336 e. The Balaban J connectivity index is 1.21. The summed E-state index contributed by atoms with van der Waals surface area (Å²) in [6.07, 6.45) is 0. The highest BCUT2D eigenvalue weighted by atomic mass is 16.3. The molecule has 10 aromatic rings. The molecule has 0 saturated heterocycles. The fourth-order valence-electron chi connectivity index (χ4n) is 13.4. The normalized spacial score (nSPS) is 16.4. The highest BCUT2D eigenvalue weighted by molar-refractivity contribution is 6.90. The second-order valence-corrected chi connectivity index (χ2v) is 22.5. The third-order valence-electron chi connectivity index (χ3n) is 16.8. The van der Waals surface area contributed by atoms with Gasteiger partial charge in [0.1, 0.15) is 5.58 Å². The number of benzene rings is 8. The van der Waals surface area contributed by atoms with E-state index in [4.69, 9.17) is 4.42 Å². The van der Waals surface area contributed by atoms with Crippen LogP contribution in [0.15, 0.2) is 162 Å². The van der Waals surface area contributed by atoms with Crippen LogP contribution in [-0.2, 0) is 21.7 Å². The largest absolute Gasteiger partial charge is 0.441 e. The molecule has 4 aliphatic rings. The zero-order valence-corrected chi connectivity index (χ0v) is 39.9. The summed E-state index contributed by atoms with van der Waals surface area (Å²) in [4.78, 5) is 2.69. The van der Waals surface area contributed by atoms with E-state index in [0.717, 1.165) is 16.7 Å². The number of nitrogens with zero attached hydrogens (tertiary/aromatic N) is 2. The minimum atomic E-state index is -0.251. The van der Waals surface area contributed by atoms with E-state index >= 15 is 0 Å². The zero-order chi connectivity index (χ0) is 45.7. The molecule has 0 atom stereocenters. The number of hydrogen-bond acceptors (Lipinski definition) is 2. The third-order valence-corrected chi connectivity index (χ3v) is 16.8. The molecule has 0 amide bonds. The summed E-state index contributed by atoms with van der Waals surface area (Å²) >= 11 is 0. The number of furan rings is 1. The molecule has 0 spiro atoms. The van der Waals surface area contributed by atoms with Crippen LogP contribution in [0.3, 0.4) is 0 Å². The van der Waals surface area contributed by atoms with E-state index in [2.05, 4.69) is 229 Å². The summed E-state index contributed by atoms with van der Waals surface area (Å²) < 4.78 is 9.79. The van der Waals surface area contributed by atoms with E-state index in [0.29, 0.717) is 0 Å². The van der Waals surface area contributed by atoms with Crippen molar-refractivity contribution in [2.75, 3.05) is 4.90 Å². The van der Waals surface area contributed by atoms with Crippen LogP contribution in [0.25, 0.3) is 66.4 Å². The SMILES string of the molecule is CC(C)(C)c1ccc(N2c3cc4c(cc3B3c5c2cc2c(c5-c5cccc6c7c8ccccc8oc7n3c56)-c3ccccc3C2(C)C)C(C)(C)c2ccccc2C4(C)C)c(-c2ccccc2)c1. The number of fused-ring (bicyclic) bond motifs is 15. The Bertz CT molecular complexity index is 3830. The predicted molar refractivity (Wildman–Crippen MR) is 282 cm³/mol. The molecule has 67 heavy (non-hydrogen) atoms. The molecule has 4 heterocycles. The average molecular weight is 865 g/mol. The Labute approximate surface area is 393 Å². The Morgan fingerprint density at radius 2 is 1.09 bits per heavy atom. The second kappa shape index (κ2) is 12.7. The molecule has 4 heteroatoms. The molecule has 3 nitrogen and oxygen atoms in total. The van der Waals surface area contributed by atoms with E-state index in [1.807, 2.05) is 0 Å². The van der Waals surface area contributed by atoms with Gasteiger partial charge in [-0.3, -0.25) is 0 Å². The van der Waals surface area contributed by atoms with Gasteiger partial charge in [-0.25, -0.2) is 0 Å². The number of aromatic nitrogens is 1. The van der Waals surface area contributed by atoms with Crippen molar-refractivity contribution in [2.24, 2.45) is 0 Å². The molecular formula is C63H53BN2O. The maximum Gasteiger partial charge on any atom is 0.336 e. The fraction of sp³-hybridized carbons (Fsp3) is 0.206. The lowest BCUT2D eigenvalue weighted by molar-refractivity contribution is 0.521. The van der Waals surface area contributed by atoms with Crippen molar-refractivity contribution in [3.05, 3.63) is 197 Å². The van der Waals surface area contributed by atoms with Crippen molar-refractivity contribution in [2.45, 2.75) is 84.0 Å². The molecule has 0 bridgehead atoms. The van der Waals surface area contributed by atoms with Crippen LogP contribution in [0.5, 0.6) is 0 Å². The van der Waals surface area contributed by atoms with Crippen molar-refractivity contribution >= 4 is 67.8 Å². The summed E-state index contributed by atoms with van der Waals surface area (Å²) in [5.74, 6) is 0. The summed E-state index contributed by atoms with van der Waals surface area (Å²) in [7, 11) is 0. The van der Waals surface area contributed by atoms with Gasteiger partial charge < -0.3 is 13.8 Å². The first kappa shape index (κ1) is 39.2. The first-order valence-corrected chi connectivity index (χ1v) is 24.2. The first-order valence-electron chi connectivity index (χ1n) is 24.2. The minimum absolute atomic E-state index is 0.0426. The van der Waals surface area contributed by atoms with E-state index in [-0.39, 0.29) is 28.5 Å². The lowest BCUT2D eigenvalue weighted by atomic mass is 9.43. The van der Waals surface area contributed by atoms with Crippen LogP contribution in [-0.4, -0.2) is 11.3 Å². The van der Waals surface area contributed by atoms with Crippen molar-refractivity contribution < 1.29 is 4.42 Å². The highest BCUT2D eigenvalue weighted by Gasteiger charge is 2.51. The van der Waals surface area contributed by atoms with Crippen LogP contribution in [0, 0.1) is 0 Å². The standard InChI is InChI=1S/C63H53BN2O/c1-60(2,3)37-30-31-50(42(32-37)36-20-11-10-12-21-36)65-51-34-47-46(62(6,7)44-27-16-17-28-45(44)63(47,8)9)33-49(51)64-57-52(65)35-48-55(38-22-13-15-26-43(38)61(48,4)5)56(57)41-25-19-24-40-54-39-23-14-18-29-53(39)67-59(54)66(64)58(40)41/h10-35H,1-9H3. The molecule has 2 aliphatic heterocycles. The van der Waals surface area contributed by atoms with Crippen LogP contribution < -0.4 is 15.8 Å². The van der Waals surface area contributed by atoms with Gasteiger partial charge in [0.05, 0.1) is 11.1 Å². The molecule has 2 aliphatic carbocycles. The average Bonchev–Trinajstić information content (AvgIpc) is 3.94. The number of para-hydroxylation sites is 2. The van der Waals surface area contributed by atoms with Crippen LogP contribution >= 0.6 is 0 Å². The van der Waals surface area contributed by atoms with Gasteiger partial charge in [-0.1, -0.05) is 190 Å². The molecule has 8 aromatic carbocycles. The summed E-state index contributed by atoms with van der Waals surface area (Å²) in [6, 6.07) is 60.2. The summed E-state index contributed by atoms with van der Waals surface area (Å²) in [5, 5.41) is 3.60. The van der Waals surface area contributed by atoms with Gasteiger partial charge >= 0.3 is 6.85 Å². The van der Waals surface area contributed by atoms with Crippen molar-refractivity contribution in [1.29, 1.82) is 0 Å². The molecule has 14 rings (SSSR count). The molecule has 0 fully saturated rings. The van der Waals surface area contributed by atoms with E-state index in [1.165, 1.54) is 117 Å². The minimum Gasteiger partial charge on any atom is -0.441 e. The number of hydrogen-bond donors (Lipinski definition) is 0. The third kappa shape index (κ3) is 4.83. The maximum atomic E-state index is 7.17.